The van der Waals surface area contributed by atoms with Crippen LogP contribution in [0.4, 0.5) is 30.8 Å². The van der Waals surface area contributed by atoms with Crippen molar-refractivity contribution in [2.75, 3.05) is 101 Å². The Bertz CT molecular complexity index is 2860. The van der Waals surface area contributed by atoms with E-state index >= 15 is 8.78 Å². The minimum absolute atomic E-state index is 0.0841. The molecule has 5 aromatic rings. The number of hydrogen-bond donors (Lipinski definition) is 2. The van der Waals surface area contributed by atoms with Gasteiger partial charge in [-0.15, -0.1) is 0 Å². The molecule has 9 heterocycles. The van der Waals surface area contributed by atoms with Gasteiger partial charge in [-0.3, -0.25) is 24.6 Å². The third kappa shape index (κ3) is 9.15. The van der Waals surface area contributed by atoms with Gasteiger partial charge in [-0.2, -0.15) is 5.10 Å². The van der Waals surface area contributed by atoms with E-state index in [4.69, 9.17) is 34.8 Å². The highest BCUT2D eigenvalue weighted by Crippen LogP contribution is 2.48. The lowest BCUT2D eigenvalue weighted by Crippen LogP contribution is -2.51. The molecule has 0 spiro atoms. The zero-order valence-corrected chi connectivity index (χ0v) is 40.4. The van der Waals surface area contributed by atoms with Gasteiger partial charge >= 0.3 is 6.09 Å². The van der Waals surface area contributed by atoms with E-state index in [-0.39, 0.29) is 60.3 Å². The number of carbonyl (C=O) groups excluding carboxylic acids is 4. The average molecular weight is 993 g/mol. The molecule has 23 heteroatoms. The summed E-state index contributed by atoms with van der Waals surface area (Å²) in [6.07, 6.45) is 9.91. The second kappa shape index (κ2) is 19.3. The monoisotopic (exact) mass is 992 g/mol. The highest BCUT2D eigenvalue weighted by atomic mass is 19.1. The Morgan fingerprint density at radius 1 is 0.875 bits per heavy atom. The van der Waals surface area contributed by atoms with Crippen molar-refractivity contribution < 1.29 is 42.0 Å². The first-order valence-corrected chi connectivity index (χ1v) is 24.9. The molecule has 11 rings (SSSR count). The fourth-order valence-electron chi connectivity index (χ4n) is 10.9. The summed E-state index contributed by atoms with van der Waals surface area (Å²) in [6.45, 7) is 7.71. The number of fused-ring (bicyclic) bond motifs is 1. The number of nitrogen functional groups attached to an aromatic ring is 1. The van der Waals surface area contributed by atoms with Crippen molar-refractivity contribution in [3.63, 3.8) is 0 Å². The molecule has 5 aliphatic heterocycles. The quantitative estimate of drug-likeness (QED) is 0.168. The number of imide groups is 1. The third-order valence-corrected chi connectivity index (χ3v) is 15.4. The number of ether oxygens (including phenoxy) is 2. The van der Waals surface area contributed by atoms with Crippen LogP contribution in [0.1, 0.15) is 81.4 Å². The highest BCUT2D eigenvalue weighted by Gasteiger charge is 2.42. The summed E-state index contributed by atoms with van der Waals surface area (Å²) >= 11 is 0. The van der Waals surface area contributed by atoms with E-state index in [1.54, 1.807) is 21.7 Å². The fourth-order valence-corrected chi connectivity index (χ4v) is 10.9. The fraction of sp³-hybridized carbons (Fsp3) is 0.551. The van der Waals surface area contributed by atoms with E-state index in [2.05, 4.69) is 32.3 Å². The van der Waals surface area contributed by atoms with Crippen LogP contribution in [0.2, 0.25) is 0 Å². The molecule has 1 aromatic carbocycles. The lowest BCUT2D eigenvalue weighted by molar-refractivity contribution is -0.136. The summed E-state index contributed by atoms with van der Waals surface area (Å²) in [6, 6.07) is 1.79. The predicted octanol–water partition coefficient (Wildman–Crippen LogP) is 4.04. The van der Waals surface area contributed by atoms with Gasteiger partial charge in [-0.25, -0.2) is 38.2 Å². The van der Waals surface area contributed by atoms with Crippen molar-refractivity contribution >= 4 is 52.0 Å². The first-order valence-electron chi connectivity index (χ1n) is 24.9. The molecule has 0 bridgehead atoms. The molecule has 72 heavy (non-hydrogen) atoms. The van der Waals surface area contributed by atoms with Crippen molar-refractivity contribution in [3.05, 3.63) is 53.8 Å². The minimum Gasteiger partial charge on any atom is -0.439 e. The van der Waals surface area contributed by atoms with Crippen molar-refractivity contribution in [1.82, 2.24) is 54.9 Å². The molecule has 1 unspecified atom stereocenters. The second-order valence-electron chi connectivity index (χ2n) is 20.4. The van der Waals surface area contributed by atoms with Crippen LogP contribution in [0.5, 0.6) is 0 Å². The SMILES string of the molecule is CN(c1cc(F)c(N2CCN(CC3CCN(C(=O)COC(=O)N4CCC(c5cnc(-c6c(-c7nn(C8(C)COC8)c8ncnc(N)c78)noc6C6CC6)nc5)CC4)CC3)CC2)c(F)c1)C1CCC(=O)NC1=O. The summed E-state index contributed by atoms with van der Waals surface area (Å²) in [5.74, 6) is -0.317. The lowest BCUT2D eigenvalue weighted by atomic mass is 9.91. The molecule has 0 radical (unpaired) electrons. The summed E-state index contributed by atoms with van der Waals surface area (Å²) < 4.78 is 49.8. The molecule has 1 saturated carbocycles. The van der Waals surface area contributed by atoms with Gasteiger partial charge in [0.2, 0.25) is 11.8 Å². The van der Waals surface area contributed by atoms with Crippen LogP contribution in [0.15, 0.2) is 35.4 Å². The predicted molar refractivity (Wildman–Crippen MR) is 256 cm³/mol. The number of halogens is 2. The molecule has 1 atom stereocenters. The Morgan fingerprint density at radius 2 is 1.57 bits per heavy atom. The van der Waals surface area contributed by atoms with Crippen molar-refractivity contribution in [3.8, 4) is 22.8 Å². The zero-order chi connectivity index (χ0) is 49.8. The molecule has 6 aliphatic rings. The lowest BCUT2D eigenvalue weighted by Gasteiger charge is -2.40. The zero-order valence-electron chi connectivity index (χ0n) is 40.4. The molecular weight excluding hydrogens is 935 g/mol. The van der Waals surface area contributed by atoms with Gasteiger partial charge in [0, 0.05) is 96.4 Å². The first-order chi connectivity index (χ1) is 34.8. The number of aromatic nitrogens is 7. The number of carbonyl (C=O) groups is 4. The molecule has 4 aromatic heterocycles. The standard InChI is InChI=1S/C49H58F2N14O7/c1-49(25-70-26-49)65-46-39(44(52)55-27-56-46)40(58-65)41-38(43(72-59-41)30-3-4-30)45-53-21-31(22-54-45)29-9-13-64(14-10-29)48(69)71-24-37(67)62-11-7-28(8-12-62)23-61-15-17-63(18-16-61)42-33(50)19-32(20-34(42)51)60(2)35-5-6-36(66)57-47(35)68/h19-22,27-30,35H,3-18,23-26H2,1-2H3,(H2,52,55,56)(H,57,66,68). The van der Waals surface area contributed by atoms with Gasteiger partial charge in [0.15, 0.2) is 35.5 Å². The number of anilines is 3. The van der Waals surface area contributed by atoms with Gasteiger partial charge in [-0.1, -0.05) is 5.16 Å². The number of piperazine rings is 1. The van der Waals surface area contributed by atoms with Crippen LogP contribution in [0, 0.1) is 17.6 Å². The number of nitrogens with one attached hydrogen (secondary N) is 1. The Kier molecular flexibility index (Phi) is 12.7. The van der Waals surface area contributed by atoms with Gasteiger partial charge < -0.3 is 39.3 Å². The second-order valence-corrected chi connectivity index (χ2v) is 20.4. The number of hydrogen-bond acceptors (Lipinski definition) is 17. The molecule has 380 valence electrons. The van der Waals surface area contributed by atoms with Crippen molar-refractivity contribution in [2.45, 2.75) is 81.7 Å². The average Bonchev–Trinajstić information content (AvgIpc) is 4.00. The van der Waals surface area contributed by atoms with E-state index in [1.807, 2.05) is 17.1 Å². The van der Waals surface area contributed by atoms with Gasteiger partial charge in [0.1, 0.15) is 40.8 Å². The van der Waals surface area contributed by atoms with E-state index < -0.39 is 35.2 Å². The smallest absolute Gasteiger partial charge is 0.410 e. The largest absolute Gasteiger partial charge is 0.439 e. The summed E-state index contributed by atoms with van der Waals surface area (Å²) in [7, 11) is 1.59. The number of likely N-dealkylation sites (N-methyl/N-ethyl adjacent to an activating group) is 1. The third-order valence-electron chi connectivity index (χ3n) is 15.4. The maximum absolute atomic E-state index is 15.4. The van der Waals surface area contributed by atoms with E-state index in [9.17, 15) is 19.2 Å². The van der Waals surface area contributed by atoms with Gasteiger partial charge in [-0.05, 0) is 81.4 Å². The maximum atomic E-state index is 15.4. The Labute approximate surface area is 413 Å². The maximum Gasteiger partial charge on any atom is 0.410 e. The Morgan fingerprint density at radius 3 is 2.22 bits per heavy atom. The summed E-state index contributed by atoms with van der Waals surface area (Å²) in [4.78, 5) is 77.7. The summed E-state index contributed by atoms with van der Waals surface area (Å²) in [5, 5.41) is 12.4. The number of amides is 4. The molecular formula is C49H58F2N14O7. The number of benzene rings is 1. The van der Waals surface area contributed by atoms with Crippen LogP contribution in [-0.2, 0) is 29.4 Å². The van der Waals surface area contributed by atoms with Gasteiger partial charge in [0.25, 0.3) is 5.91 Å². The van der Waals surface area contributed by atoms with Crippen LogP contribution in [0.25, 0.3) is 33.8 Å². The number of rotatable bonds is 12. The van der Waals surface area contributed by atoms with Gasteiger partial charge in [0.05, 0.1) is 24.2 Å². The first kappa shape index (κ1) is 47.4. The molecule has 3 N–H and O–H groups in total. The van der Waals surface area contributed by atoms with E-state index in [1.165, 1.54) is 23.4 Å². The van der Waals surface area contributed by atoms with Crippen LogP contribution < -0.4 is 20.9 Å². The molecule has 6 fully saturated rings. The molecule has 1 aliphatic carbocycles. The van der Waals surface area contributed by atoms with Crippen molar-refractivity contribution in [1.29, 1.82) is 0 Å². The molecule has 4 amide bonds. The van der Waals surface area contributed by atoms with E-state index in [0.29, 0.717) is 124 Å². The Balaban J connectivity index is 0.629. The topological polar surface area (TPSA) is 236 Å². The number of likely N-dealkylation sites (tertiary alicyclic amines) is 2. The van der Waals surface area contributed by atoms with Crippen molar-refractivity contribution in [2.24, 2.45) is 5.92 Å². The van der Waals surface area contributed by atoms with Crippen LogP contribution in [0.3, 0.4) is 0 Å². The Hall–Kier alpha value is -6.88. The van der Waals surface area contributed by atoms with E-state index in [0.717, 1.165) is 37.8 Å². The number of piperidine rings is 3. The minimum atomic E-state index is -0.700. The number of nitrogens with zero attached hydrogens (tertiary/aromatic N) is 12. The number of nitrogens with two attached hydrogens (primary N) is 1. The highest BCUT2D eigenvalue weighted by molar-refractivity contribution is 6.02. The van der Waals surface area contributed by atoms with Crippen LogP contribution >= 0.6 is 0 Å². The normalized spacial score (nSPS) is 21.2. The summed E-state index contributed by atoms with van der Waals surface area (Å²) in [5.41, 5.74) is 9.39. The van der Waals surface area contributed by atoms with Crippen LogP contribution in [-0.4, -0.2) is 165 Å². The molecule has 5 saturated heterocycles. The molecule has 21 nitrogen and oxygen atoms in total.